The maximum Gasteiger partial charge on any atom is 0.131 e. The SMILES string of the molecule is OC(c1cc(Br)c(Cl)s1)c1ccc(F)c2ccccc12. The molecule has 1 aromatic heterocycles. The minimum absolute atomic E-state index is 0.290. The zero-order chi connectivity index (χ0) is 14.3. The van der Waals surface area contributed by atoms with Crippen LogP contribution in [-0.2, 0) is 0 Å². The molecule has 0 saturated carbocycles. The molecule has 0 saturated heterocycles. The summed E-state index contributed by atoms with van der Waals surface area (Å²) in [5.74, 6) is -0.290. The molecule has 0 fully saturated rings. The maximum atomic E-state index is 13.8. The lowest BCUT2D eigenvalue weighted by atomic mass is 9.99. The highest BCUT2D eigenvalue weighted by atomic mass is 79.9. The Kier molecular flexibility index (Phi) is 3.82. The van der Waals surface area contributed by atoms with Crippen molar-refractivity contribution in [2.45, 2.75) is 6.10 Å². The van der Waals surface area contributed by atoms with Crippen molar-refractivity contribution >= 4 is 49.6 Å². The second-order valence-corrected chi connectivity index (χ2v) is 6.90. The molecule has 1 unspecified atom stereocenters. The van der Waals surface area contributed by atoms with E-state index >= 15 is 0 Å². The summed E-state index contributed by atoms with van der Waals surface area (Å²) in [5, 5.41) is 11.7. The van der Waals surface area contributed by atoms with Crippen LogP contribution in [0.3, 0.4) is 0 Å². The molecular formula is C15H9BrClFOS. The number of halogens is 3. The van der Waals surface area contributed by atoms with Gasteiger partial charge in [0.1, 0.15) is 16.3 Å². The molecule has 20 heavy (non-hydrogen) atoms. The van der Waals surface area contributed by atoms with Crippen LogP contribution in [0.2, 0.25) is 4.34 Å². The summed E-state index contributed by atoms with van der Waals surface area (Å²) >= 11 is 10.6. The lowest BCUT2D eigenvalue weighted by Gasteiger charge is -2.12. The Morgan fingerprint density at radius 1 is 1.15 bits per heavy atom. The second kappa shape index (κ2) is 5.45. The first kappa shape index (κ1) is 14.0. The van der Waals surface area contributed by atoms with Crippen molar-refractivity contribution in [3.8, 4) is 0 Å². The molecule has 0 radical (unpaired) electrons. The molecule has 0 aliphatic heterocycles. The maximum absolute atomic E-state index is 13.8. The highest BCUT2D eigenvalue weighted by Crippen LogP contribution is 2.39. The Hall–Kier alpha value is -0.940. The Labute approximate surface area is 132 Å². The largest absolute Gasteiger partial charge is 0.383 e. The van der Waals surface area contributed by atoms with Gasteiger partial charge in [0, 0.05) is 14.7 Å². The molecule has 0 spiro atoms. The second-order valence-electron chi connectivity index (χ2n) is 4.36. The molecule has 3 rings (SSSR count). The Balaban J connectivity index is 2.17. The fourth-order valence-corrected chi connectivity index (χ4v) is 3.92. The van der Waals surface area contributed by atoms with Crippen molar-refractivity contribution < 1.29 is 9.50 Å². The van der Waals surface area contributed by atoms with Crippen LogP contribution in [-0.4, -0.2) is 5.11 Å². The van der Waals surface area contributed by atoms with Gasteiger partial charge in [0.05, 0.1) is 0 Å². The predicted molar refractivity (Wildman–Crippen MR) is 85.0 cm³/mol. The summed E-state index contributed by atoms with van der Waals surface area (Å²) in [6, 6.07) is 11.9. The highest BCUT2D eigenvalue weighted by molar-refractivity contribution is 9.10. The first-order valence-corrected chi connectivity index (χ1v) is 7.86. The van der Waals surface area contributed by atoms with E-state index in [1.807, 2.05) is 6.07 Å². The minimum Gasteiger partial charge on any atom is -0.383 e. The van der Waals surface area contributed by atoms with Crippen molar-refractivity contribution in [1.82, 2.24) is 0 Å². The van der Waals surface area contributed by atoms with Crippen molar-refractivity contribution in [2.75, 3.05) is 0 Å². The third-order valence-electron chi connectivity index (χ3n) is 3.13. The van der Waals surface area contributed by atoms with Crippen molar-refractivity contribution in [1.29, 1.82) is 0 Å². The molecule has 1 N–H and O–H groups in total. The zero-order valence-electron chi connectivity index (χ0n) is 10.1. The summed E-state index contributed by atoms with van der Waals surface area (Å²) in [7, 11) is 0. The van der Waals surface area contributed by atoms with Gasteiger partial charge in [-0.3, -0.25) is 0 Å². The van der Waals surface area contributed by atoms with E-state index in [-0.39, 0.29) is 5.82 Å². The number of aliphatic hydroxyl groups is 1. The Bertz CT molecular complexity index is 767. The lowest BCUT2D eigenvalue weighted by molar-refractivity contribution is 0.225. The monoisotopic (exact) mass is 370 g/mol. The topological polar surface area (TPSA) is 20.2 Å². The molecule has 0 bridgehead atoms. The molecule has 0 aliphatic carbocycles. The van der Waals surface area contributed by atoms with Gasteiger partial charge in [0.15, 0.2) is 0 Å². The quantitative estimate of drug-likeness (QED) is 0.627. The molecule has 0 aliphatic rings. The number of aliphatic hydroxyl groups excluding tert-OH is 1. The van der Waals surface area contributed by atoms with Crippen LogP contribution in [0.15, 0.2) is 46.9 Å². The first-order chi connectivity index (χ1) is 9.58. The Morgan fingerprint density at radius 2 is 1.85 bits per heavy atom. The minimum atomic E-state index is -0.825. The summed E-state index contributed by atoms with van der Waals surface area (Å²) < 4.78 is 15.1. The molecule has 3 aromatic rings. The average Bonchev–Trinajstić information content (AvgIpc) is 2.79. The lowest BCUT2D eigenvalue weighted by Crippen LogP contribution is -1.99. The smallest absolute Gasteiger partial charge is 0.131 e. The summed E-state index contributed by atoms with van der Waals surface area (Å²) in [6.45, 7) is 0. The van der Waals surface area contributed by atoms with Crippen LogP contribution in [0, 0.1) is 5.82 Å². The number of hydrogen-bond donors (Lipinski definition) is 1. The van der Waals surface area contributed by atoms with Gasteiger partial charge in [0.2, 0.25) is 0 Å². The number of hydrogen-bond acceptors (Lipinski definition) is 2. The van der Waals surface area contributed by atoms with Gasteiger partial charge < -0.3 is 5.11 Å². The van der Waals surface area contributed by atoms with Crippen LogP contribution in [0.1, 0.15) is 16.5 Å². The fourth-order valence-electron chi connectivity index (χ4n) is 2.18. The van der Waals surface area contributed by atoms with Crippen LogP contribution >= 0.6 is 38.9 Å². The standard InChI is InChI=1S/C15H9BrClFOS/c16-11-7-13(20-15(11)17)14(19)10-5-6-12(18)9-4-2-1-3-8(9)10/h1-7,14,19H. The van der Waals surface area contributed by atoms with Gasteiger partial charge >= 0.3 is 0 Å². The van der Waals surface area contributed by atoms with Crippen molar-refractivity contribution in [3.63, 3.8) is 0 Å². The van der Waals surface area contributed by atoms with E-state index in [1.165, 1.54) is 17.4 Å². The number of thiophene rings is 1. The summed E-state index contributed by atoms with van der Waals surface area (Å²) in [6.07, 6.45) is -0.825. The first-order valence-electron chi connectivity index (χ1n) is 5.88. The summed E-state index contributed by atoms with van der Waals surface area (Å²) in [4.78, 5) is 0.721. The van der Waals surface area contributed by atoms with Gasteiger partial charge in [-0.1, -0.05) is 41.9 Å². The molecule has 2 aromatic carbocycles. The molecule has 102 valence electrons. The van der Waals surface area contributed by atoms with Gasteiger partial charge in [-0.15, -0.1) is 11.3 Å². The van der Waals surface area contributed by atoms with E-state index in [2.05, 4.69) is 15.9 Å². The van der Waals surface area contributed by atoms with Crippen LogP contribution in [0.4, 0.5) is 4.39 Å². The average molecular weight is 372 g/mol. The van der Waals surface area contributed by atoms with Gasteiger partial charge in [0.25, 0.3) is 0 Å². The highest BCUT2D eigenvalue weighted by Gasteiger charge is 2.18. The van der Waals surface area contributed by atoms with Crippen LogP contribution in [0.25, 0.3) is 10.8 Å². The number of benzene rings is 2. The molecule has 0 amide bonds. The Morgan fingerprint density at radius 3 is 2.50 bits per heavy atom. The van der Waals surface area contributed by atoms with Gasteiger partial charge in [-0.05, 0) is 39.0 Å². The third kappa shape index (κ3) is 2.37. The fraction of sp³-hybridized carbons (Fsp3) is 0.0667. The summed E-state index contributed by atoms with van der Waals surface area (Å²) in [5.41, 5.74) is 0.674. The van der Waals surface area contributed by atoms with E-state index in [1.54, 1.807) is 30.3 Å². The predicted octanol–water partition coefficient (Wildman–Crippen LogP) is 5.54. The van der Waals surface area contributed by atoms with E-state index < -0.39 is 6.10 Å². The van der Waals surface area contributed by atoms with Crippen molar-refractivity contribution in [2.24, 2.45) is 0 Å². The molecule has 5 heteroatoms. The third-order valence-corrected chi connectivity index (χ3v) is 5.66. The van der Waals surface area contributed by atoms with Crippen LogP contribution in [0.5, 0.6) is 0 Å². The van der Waals surface area contributed by atoms with E-state index in [4.69, 9.17) is 11.6 Å². The molecule has 1 atom stereocenters. The molecular weight excluding hydrogens is 363 g/mol. The van der Waals surface area contributed by atoms with E-state index in [9.17, 15) is 9.50 Å². The number of rotatable bonds is 2. The van der Waals surface area contributed by atoms with Crippen LogP contribution < -0.4 is 0 Å². The number of fused-ring (bicyclic) bond motifs is 1. The van der Waals surface area contributed by atoms with E-state index in [0.717, 1.165) is 9.35 Å². The van der Waals surface area contributed by atoms with Gasteiger partial charge in [-0.2, -0.15) is 0 Å². The molecule has 1 heterocycles. The van der Waals surface area contributed by atoms with Crippen molar-refractivity contribution in [3.05, 3.63) is 67.5 Å². The normalized spacial score (nSPS) is 12.8. The van der Waals surface area contributed by atoms with Gasteiger partial charge in [-0.25, -0.2) is 4.39 Å². The zero-order valence-corrected chi connectivity index (χ0v) is 13.3. The molecule has 1 nitrogen and oxygen atoms in total. The van der Waals surface area contributed by atoms with E-state index in [0.29, 0.717) is 20.7 Å².